The molecule has 0 aliphatic carbocycles. The van der Waals surface area contributed by atoms with Gasteiger partial charge in [-0.25, -0.2) is 0 Å². The van der Waals surface area contributed by atoms with Gasteiger partial charge >= 0.3 is 0 Å². The van der Waals surface area contributed by atoms with E-state index in [2.05, 4.69) is 38.2 Å². The summed E-state index contributed by atoms with van der Waals surface area (Å²) < 4.78 is 1.07. The van der Waals surface area contributed by atoms with Crippen molar-refractivity contribution in [1.29, 1.82) is 0 Å². The van der Waals surface area contributed by atoms with Crippen molar-refractivity contribution in [2.45, 2.75) is 19.0 Å². The number of aliphatic hydroxyl groups is 1. The van der Waals surface area contributed by atoms with E-state index in [9.17, 15) is 14.7 Å². The van der Waals surface area contributed by atoms with E-state index in [4.69, 9.17) is 0 Å². The van der Waals surface area contributed by atoms with Crippen molar-refractivity contribution in [3.05, 3.63) is 63.5 Å². The molecule has 1 aromatic carbocycles. The Kier molecular flexibility index (Phi) is 7.13. The van der Waals surface area contributed by atoms with Crippen molar-refractivity contribution in [1.82, 2.24) is 15.6 Å². The molecule has 1 atom stereocenters. The van der Waals surface area contributed by atoms with Gasteiger partial charge < -0.3 is 15.7 Å². The van der Waals surface area contributed by atoms with Crippen LogP contribution in [0, 0.1) is 3.57 Å². The highest BCUT2D eigenvalue weighted by Gasteiger charge is 2.19. The summed E-state index contributed by atoms with van der Waals surface area (Å²) in [6.07, 6.45) is 3.32. The number of nitrogens with one attached hydrogen (secondary N) is 2. The summed E-state index contributed by atoms with van der Waals surface area (Å²) in [5, 5.41) is 14.6. The van der Waals surface area contributed by atoms with Gasteiger partial charge in [0.15, 0.2) is 0 Å². The molecule has 2 aromatic rings. The molecule has 0 radical (unpaired) electrons. The molecule has 3 N–H and O–H groups in total. The number of halogens is 1. The van der Waals surface area contributed by atoms with Gasteiger partial charge in [0, 0.05) is 22.5 Å². The smallest absolute Gasteiger partial charge is 0.245 e. The van der Waals surface area contributed by atoms with Crippen molar-refractivity contribution >= 4 is 34.4 Å². The first kappa shape index (κ1) is 18.3. The van der Waals surface area contributed by atoms with E-state index in [1.165, 1.54) is 0 Å². The normalized spacial score (nSPS) is 11.6. The number of aliphatic hydroxyl groups excluding tert-OH is 1. The maximum absolute atomic E-state index is 12.1. The Morgan fingerprint density at radius 2 is 1.92 bits per heavy atom. The Bertz CT molecular complexity index is 694. The van der Waals surface area contributed by atoms with Gasteiger partial charge in [-0.1, -0.05) is 12.1 Å². The van der Waals surface area contributed by atoms with Crippen molar-refractivity contribution in [3.8, 4) is 0 Å². The van der Waals surface area contributed by atoms with Gasteiger partial charge in [-0.3, -0.25) is 14.6 Å². The summed E-state index contributed by atoms with van der Waals surface area (Å²) in [5.74, 6) is -0.746. The van der Waals surface area contributed by atoms with E-state index in [0.717, 1.165) is 14.7 Å². The standard InChI is InChI=1S/C17H18IN3O3/c18-14-3-1-2-13(8-14)10-20-17(24)15(11-22)21-16(23)9-12-4-6-19-7-5-12/h1-8,15,22H,9-11H2,(H,20,24)(H,21,23). The van der Waals surface area contributed by atoms with Gasteiger partial charge in [0.1, 0.15) is 6.04 Å². The van der Waals surface area contributed by atoms with E-state index in [-0.39, 0.29) is 12.3 Å². The van der Waals surface area contributed by atoms with Crippen LogP contribution in [0.1, 0.15) is 11.1 Å². The van der Waals surface area contributed by atoms with E-state index in [1.807, 2.05) is 24.3 Å². The van der Waals surface area contributed by atoms with Crippen molar-refractivity contribution in [2.24, 2.45) is 0 Å². The van der Waals surface area contributed by atoms with Crippen LogP contribution < -0.4 is 10.6 Å². The molecule has 0 fully saturated rings. The molecule has 0 bridgehead atoms. The number of aromatic nitrogens is 1. The van der Waals surface area contributed by atoms with Crippen LogP contribution in [0.25, 0.3) is 0 Å². The van der Waals surface area contributed by atoms with Crippen LogP contribution >= 0.6 is 22.6 Å². The van der Waals surface area contributed by atoms with Gasteiger partial charge in [-0.15, -0.1) is 0 Å². The summed E-state index contributed by atoms with van der Waals surface area (Å²) in [6.45, 7) is -0.118. The lowest BCUT2D eigenvalue weighted by molar-refractivity contribution is -0.129. The molecule has 0 aliphatic heterocycles. The second kappa shape index (κ2) is 9.33. The van der Waals surface area contributed by atoms with Gasteiger partial charge in [-0.2, -0.15) is 0 Å². The van der Waals surface area contributed by atoms with Gasteiger partial charge in [0.25, 0.3) is 0 Å². The number of carbonyl (C=O) groups is 2. The fourth-order valence-corrected chi connectivity index (χ4v) is 2.69. The van der Waals surface area contributed by atoms with Crippen LogP contribution in [0.4, 0.5) is 0 Å². The number of hydrogen-bond donors (Lipinski definition) is 3. The molecule has 126 valence electrons. The predicted octanol–water partition coefficient (Wildman–Crippen LogP) is 1.02. The topological polar surface area (TPSA) is 91.3 Å². The molecular weight excluding hydrogens is 421 g/mol. The maximum atomic E-state index is 12.1. The third-order valence-corrected chi connectivity index (χ3v) is 3.98. The molecule has 6 nitrogen and oxygen atoms in total. The van der Waals surface area contributed by atoms with E-state index in [1.54, 1.807) is 24.5 Å². The molecule has 1 aromatic heterocycles. The van der Waals surface area contributed by atoms with Crippen LogP contribution in [0.3, 0.4) is 0 Å². The maximum Gasteiger partial charge on any atom is 0.245 e. The average molecular weight is 439 g/mol. The summed E-state index contributed by atoms with van der Waals surface area (Å²) >= 11 is 2.20. The summed E-state index contributed by atoms with van der Waals surface area (Å²) in [4.78, 5) is 28.0. The van der Waals surface area contributed by atoms with Crippen molar-refractivity contribution in [3.63, 3.8) is 0 Å². The van der Waals surface area contributed by atoms with Gasteiger partial charge in [0.05, 0.1) is 13.0 Å². The number of rotatable bonds is 7. The molecule has 0 spiro atoms. The number of amides is 2. The molecule has 2 rings (SSSR count). The SMILES string of the molecule is O=C(Cc1ccncc1)NC(CO)C(=O)NCc1cccc(I)c1. The zero-order valence-electron chi connectivity index (χ0n) is 12.9. The van der Waals surface area contributed by atoms with Gasteiger partial charge in [0.2, 0.25) is 11.8 Å². The molecule has 24 heavy (non-hydrogen) atoms. The lowest BCUT2D eigenvalue weighted by atomic mass is 10.1. The molecule has 0 saturated heterocycles. The minimum atomic E-state index is -0.970. The summed E-state index contributed by atoms with van der Waals surface area (Å²) in [6, 6.07) is 10.2. The van der Waals surface area contributed by atoms with Crippen molar-refractivity contribution < 1.29 is 14.7 Å². The van der Waals surface area contributed by atoms with Crippen LogP contribution in [0.5, 0.6) is 0 Å². The Morgan fingerprint density at radius 1 is 1.17 bits per heavy atom. The summed E-state index contributed by atoms with van der Waals surface area (Å²) in [7, 11) is 0. The van der Waals surface area contributed by atoms with Crippen LogP contribution in [0.2, 0.25) is 0 Å². The Hall–Kier alpha value is -2.00. The first-order valence-electron chi connectivity index (χ1n) is 7.40. The molecular formula is C17H18IN3O3. The lowest BCUT2D eigenvalue weighted by Gasteiger charge is -2.16. The fourth-order valence-electron chi connectivity index (χ4n) is 2.08. The minimum absolute atomic E-state index is 0.128. The molecule has 0 aliphatic rings. The third kappa shape index (κ3) is 5.89. The number of carbonyl (C=O) groups excluding carboxylic acids is 2. The Balaban J connectivity index is 1.85. The second-order valence-corrected chi connectivity index (χ2v) is 6.43. The highest BCUT2D eigenvalue weighted by molar-refractivity contribution is 14.1. The summed E-state index contributed by atoms with van der Waals surface area (Å²) in [5.41, 5.74) is 1.74. The first-order valence-corrected chi connectivity index (χ1v) is 8.47. The van der Waals surface area contributed by atoms with Crippen molar-refractivity contribution in [2.75, 3.05) is 6.61 Å². The number of hydrogen-bond acceptors (Lipinski definition) is 4. The van der Waals surface area contributed by atoms with E-state index >= 15 is 0 Å². The molecule has 7 heteroatoms. The molecule has 2 amide bonds. The highest BCUT2D eigenvalue weighted by atomic mass is 127. The lowest BCUT2D eigenvalue weighted by Crippen LogP contribution is -2.49. The average Bonchev–Trinajstić information content (AvgIpc) is 2.58. The van der Waals surface area contributed by atoms with Crippen LogP contribution in [-0.2, 0) is 22.6 Å². The molecule has 1 heterocycles. The first-order chi connectivity index (χ1) is 11.6. The molecule has 0 saturated carbocycles. The largest absolute Gasteiger partial charge is 0.394 e. The third-order valence-electron chi connectivity index (χ3n) is 3.30. The fraction of sp³-hybridized carbons (Fsp3) is 0.235. The van der Waals surface area contributed by atoms with Crippen LogP contribution in [-0.4, -0.2) is 34.6 Å². The Labute approximate surface area is 153 Å². The monoisotopic (exact) mass is 439 g/mol. The molecule has 1 unspecified atom stereocenters. The highest BCUT2D eigenvalue weighted by Crippen LogP contribution is 2.07. The van der Waals surface area contributed by atoms with Crippen LogP contribution in [0.15, 0.2) is 48.8 Å². The Morgan fingerprint density at radius 3 is 2.58 bits per heavy atom. The zero-order chi connectivity index (χ0) is 17.4. The zero-order valence-corrected chi connectivity index (χ0v) is 15.1. The number of benzene rings is 1. The minimum Gasteiger partial charge on any atom is -0.394 e. The van der Waals surface area contributed by atoms with E-state index < -0.39 is 18.6 Å². The second-order valence-electron chi connectivity index (χ2n) is 5.18. The van der Waals surface area contributed by atoms with Gasteiger partial charge in [-0.05, 0) is 58.0 Å². The number of pyridine rings is 1. The quantitative estimate of drug-likeness (QED) is 0.562. The number of nitrogens with zero attached hydrogens (tertiary/aromatic N) is 1. The predicted molar refractivity (Wildman–Crippen MR) is 98.0 cm³/mol. The van der Waals surface area contributed by atoms with E-state index in [0.29, 0.717) is 6.54 Å².